The second-order valence-corrected chi connectivity index (χ2v) is 9.66. The summed E-state index contributed by atoms with van der Waals surface area (Å²) >= 11 is 6.37. The van der Waals surface area contributed by atoms with Crippen LogP contribution in [-0.4, -0.2) is 48.3 Å². The minimum Gasteiger partial charge on any atom is -0.493 e. The molecular weight excluding hydrogens is 480 g/mol. The third-order valence-electron chi connectivity index (χ3n) is 6.65. The van der Waals surface area contributed by atoms with Crippen LogP contribution < -0.4 is 20.1 Å². The van der Waals surface area contributed by atoms with Crippen molar-refractivity contribution < 1.29 is 19.0 Å². The summed E-state index contributed by atoms with van der Waals surface area (Å²) in [5, 5.41) is 6.94. The lowest BCUT2D eigenvalue weighted by atomic mass is 10.0. The maximum atomic E-state index is 13.1. The van der Waals surface area contributed by atoms with Gasteiger partial charge in [0.2, 0.25) is 0 Å². The summed E-state index contributed by atoms with van der Waals surface area (Å²) in [5.74, 6) is 1.01. The number of fused-ring (bicyclic) bond motifs is 1. The van der Waals surface area contributed by atoms with Gasteiger partial charge < -0.3 is 29.8 Å². The fourth-order valence-corrected chi connectivity index (χ4v) is 5.17. The van der Waals surface area contributed by atoms with Crippen molar-refractivity contribution in [2.45, 2.75) is 51.2 Å². The van der Waals surface area contributed by atoms with Gasteiger partial charge in [-0.3, -0.25) is 9.78 Å². The quantitative estimate of drug-likeness (QED) is 0.370. The van der Waals surface area contributed by atoms with Gasteiger partial charge in [0.05, 0.1) is 53.7 Å². The van der Waals surface area contributed by atoms with Crippen LogP contribution in [0.3, 0.4) is 0 Å². The number of ether oxygens (including phenoxy) is 3. The molecule has 0 aliphatic carbocycles. The van der Waals surface area contributed by atoms with Gasteiger partial charge >= 0.3 is 0 Å². The largest absolute Gasteiger partial charge is 0.493 e. The molecule has 2 atom stereocenters. The number of carbonyl (C=O) groups is 1. The monoisotopic (exact) mass is 510 g/mol. The molecule has 0 radical (unpaired) electrons. The van der Waals surface area contributed by atoms with Crippen molar-refractivity contribution in [3.8, 4) is 22.8 Å². The molecule has 1 fully saturated rings. The third kappa shape index (κ3) is 5.01. The van der Waals surface area contributed by atoms with Crippen molar-refractivity contribution >= 4 is 28.9 Å². The number of para-hydroxylation sites is 1. The Morgan fingerprint density at radius 3 is 2.97 bits per heavy atom. The molecule has 2 aliphatic rings. The SMILES string of the molecule is COc1c(Cl)cccc1Nc1c(-c2ccncc2OCCC2CCCCO2)[nH]c2c1C(=O)N[C@H](C)C2. The maximum Gasteiger partial charge on any atom is 0.255 e. The zero-order valence-corrected chi connectivity index (χ0v) is 21.3. The van der Waals surface area contributed by atoms with Crippen LogP contribution in [-0.2, 0) is 11.2 Å². The first-order valence-electron chi connectivity index (χ1n) is 12.4. The zero-order valence-electron chi connectivity index (χ0n) is 20.5. The van der Waals surface area contributed by atoms with E-state index >= 15 is 0 Å². The van der Waals surface area contributed by atoms with Crippen molar-refractivity contribution in [2.75, 3.05) is 25.6 Å². The first-order valence-corrected chi connectivity index (χ1v) is 12.8. The second-order valence-electron chi connectivity index (χ2n) is 9.25. The summed E-state index contributed by atoms with van der Waals surface area (Å²) in [7, 11) is 1.57. The topological polar surface area (TPSA) is 97.5 Å². The molecule has 8 nitrogen and oxygen atoms in total. The second kappa shape index (κ2) is 10.8. The number of anilines is 2. The highest BCUT2D eigenvalue weighted by atomic mass is 35.5. The van der Waals surface area contributed by atoms with Gasteiger partial charge in [0, 0.05) is 42.9 Å². The molecule has 1 amide bonds. The number of halogens is 1. The Morgan fingerprint density at radius 2 is 2.17 bits per heavy atom. The Balaban J connectivity index is 1.51. The number of hydrogen-bond donors (Lipinski definition) is 3. The van der Waals surface area contributed by atoms with E-state index in [-0.39, 0.29) is 18.1 Å². The highest BCUT2D eigenvalue weighted by Crippen LogP contribution is 2.43. The van der Waals surface area contributed by atoms with E-state index in [0.29, 0.717) is 46.5 Å². The predicted molar refractivity (Wildman–Crippen MR) is 140 cm³/mol. The summed E-state index contributed by atoms with van der Waals surface area (Å²) in [6.45, 7) is 3.33. The van der Waals surface area contributed by atoms with Gasteiger partial charge in [-0.25, -0.2) is 0 Å². The van der Waals surface area contributed by atoms with Gasteiger partial charge in [0.1, 0.15) is 5.75 Å². The number of nitrogens with one attached hydrogen (secondary N) is 3. The molecule has 0 spiro atoms. The number of pyridine rings is 1. The van der Waals surface area contributed by atoms with Crippen LogP contribution in [0.2, 0.25) is 5.02 Å². The number of hydrogen-bond acceptors (Lipinski definition) is 6. The Kier molecular flexibility index (Phi) is 7.34. The highest BCUT2D eigenvalue weighted by Gasteiger charge is 2.31. The fourth-order valence-electron chi connectivity index (χ4n) is 4.92. The molecule has 2 aliphatic heterocycles. The number of amides is 1. The van der Waals surface area contributed by atoms with Gasteiger partial charge in [-0.2, -0.15) is 0 Å². The van der Waals surface area contributed by atoms with Crippen molar-refractivity contribution in [3.05, 3.63) is 52.9 Å². The lowest BCUT2D eigenvalue weighted by Crippen LogP contribution is -2.39. The zero-order chi connectivity index (χ0) is 25.1. The molecule has 0 saturated carbocycles. The van der Waals surface area contributed by atoms with Crippen LogP contribution >= 0.6 is 11.6 Å². The van der Waals surface area contributed by atoms with Crippen molar-refractivity contribution in [1.82, 2.24) is 15.3 Å². The smallest absolute Gasteiger partial charge is 0.255 e. The summed E-state index contributed by atoms with van der Waals surface area (Å²) in [5.41, 5.74) is 4.30. The number of H-pyrrole nitrogens is 1. The van der Waals surface area contributed by atoms with Crippen molar-refractivity contribution in [2.24, 2.45) is 0 Å². The Morgan fingerprint density at radius 1 is 1.28 bits per heavy atom. The fraction of sp³-hybridized carbons (Fsp3) is 0.407. The van der Waals surface area contributed by atoms with Crippen LogP contribution in [0.5, 0.6) is 11.5 Å². The molecule has 190 valence electrons. The maximum absolute atomic E-state index is 13.1. The molecule has 3 aromatic rings. The predicted octanol–water partition coefficient (Wildman–Crippen LogP) is 5.49. The number of methoxy groups -OCH3 is 1. The molecule has 1 unspecified atom stereocenters. The van der Waals surface area contributed by atoms with Gasteiger partial charge in [0.25, 0.3) is 5.91 Å². The molecule has 2 aromatic heterocycles. The lowest BCUT2D eigenvalue weighted by molar-refractivity contribution is 0.00406. The molecule has 1 saturated heterocycles. The number of aromatic amines is 1. The lowest BCUT2D eigenvalue weighted by Gasteiger charge is -2.22. The number of benzene rings is 1. The van der Waals surface area contributed by atoms with E-state index in [1.165, 1.54) is 6.42 Å². The first-order chi connectivity index (χ1) is 17.5. The average Bonchev–Trinajstić information content (AvgIpc) is 3.23. The molecular formula is C27H31ClN4O4. The summed E-state index contributed by atoms with van der Waals surface area (Å²) in [4.78, 5) is 20.9. The Hall–Kier alpha value is -3.23. The Bertz CT molecular complexity index is 1240. The summed E-state index contributed by atoms with van der Waals surface area (Å²) in [6.07, 6.45) is 8.55. The normalized spacial score (nSPS) is 19.4. The minimum absolute atomic E-state index is 0.0220. The molecule has 9 heteroatoms. The van der Waals surface area contributed by atoms with Gasteiger partial charge in [0.15, 0.2) is 5.75 Å². The van der Waals surface area contributed by atoms with E-state index in [4.69, 9.17) is 25.8 Å². The van der Waals surface area contributed by atoms with Gasteiger partial charge in [-0.1, -0.05) is 17.7 Å². The van der Waals surface area contributed by atoms with Gasteiger partial charge in [-0.15, -0.1) is 0 Å². The number of nitrogens with zero attached hydrogens (tertiary/aromatic N) is 1. The minimum atomic E-state index is -0.138. The van der Waals surface area contributed by atoms with Crippen molar-refractivity contribution in [3.63, 3.8) is 0 Å². The molecule has 1 aromatic carbocycles. The van der Waals surface area contributed by atoms with Crippen LogP contribution in [0, 0.1) is 0 Å². The van der Waals surface area contributed by atoms with Crippen LogP contribution in [0.1, 0.15) is 48.7 Å². The number of carbonyl (C=O) groups excluding carboxylic acids is 1. The van der Waals surface area contributed by atoms with E-state index < -0.39 is 0 Å². The molecule has 5 rings (SSSR count). The third-order valence-corrected chi connectivity index (χ3v) is 6.95. The molecule has 36 heavy (non-hydrogen) atoms. The van der Waals surface area contributed by atoms with E-state index in [1.54, 1.807) is 25.6 Å². The molecule has 3 N–H and O–H groups in total. The summed E-state index contributed by atoms with van der Waals surface area (Å²) in [6, 6.07) is 7.38. The van der Waals surface area contributed by atoms with Crippen LogP contribution in [0.25, 0.3) is 11.3 Å². The number of aromatic nitrogens is 2. The van der Waals surface area contributed by atoms with E-state index in [9.17, 15) is 4.79 Å². The van der Waals surface area contributed by atoms with Gasteiger partial charge in [-0.05, 0) is 44.4 Å². The van der Waals surface area contributed by atoms with Crippen LogP contribution in [0.15, 0.2) is 36.7 Å². The van der Waals surface area contributed by atoms with Crippen LogP contribution in [0.4, 0.5) is 11.4 Å². The first kappa shape index (κ1) is 24.5. The average molecular weight is 511 g/mol. The molecule has 0 bridgehead atoms. The van der Waals surface area contributed by atoms with Crippen molar-refractivity contribution in [1.29, 1.82) is 0 Å². The summed E-state index contributed by atoms with van der Waals surface area (Å²) < 4.78 is 17.6. The molecule has 4 heterocycles. The standard InChI is InChI=1S/C27H31ClN4O4/c1-16-14-21-23(27(33)30-16)25(31-20-8-5-7-19(28)26(20)34-2)24(32-21)18-9-11-29-15-22(18)36-13-10-17-6-3-4-12-35-17/h5,7-9,11,15-17,31-32H,3-4,6,10,12-14H2,1-2H3,(H,30,33)/t16-,17?/m1/s1. The Labute approximate surface area is 215 Å². The van der Waals surface area contributed by atoms with E-state index in [2.05, 4.69) is 20.6 Å². The van der Waals surface area contributed by atoms with E-state index in [1.807, 2.05) is 25.1 Å². The highest BCUT2D eigenvalue weighted by molar-refractivity contribution is 6.32. The van der Waals surface area contributed by atoms with E-state index in [0.717, 1.165) is 42.8 Å². The number of rotatable bonds is 8.